The SMILES string of the molecule is C=CNC(CNC=O)NCc1ccccc1. The number of carbonyl (C=O) groups is 1. The van der Waals surface area contributed by atoms with Gasteiger partial charge in [0.2, 0.25) is 6.41 Å². The third-order valence-corrected chi connectivity index (χ3v) is 2.12. The van der Waals surface area contributed by atoms with Crippen molar-refractivity contribution in [3.8, 4) is 0 Å². The monoisotopic (exact) mass is 219 g/mol. The zero-order chi connectivity index (χ0) is 11.6. The highest BCUT2D eigenvalue weighted by Gasteiger charge is 2.03. The molecule has 4 heteroatoms. The summed E-state index contributed by atoms with van der Waals surface area (Å²) in [5.41, 5.74) is 1.20. The van der Waals surface area contributed by atoms with Gasteiger partial charge in [-0.2, -0.15) is 0 Å². The van der Waals surface area contributed by atoms with Crippen LogP contribution in [0.2, 0.25) is 0 Å². The zero-order valence-electron chi connectivity index (χ0n) is 9.15. The molecule has 1 atom stereocenters. The summed E-state index contributed by atoms with van der Waals surface area (Å²) in [7, 11) is 0. The third-order valence-electron chi connectivity index (χ3n) is 2.12. The number of hydrogen-bond acceptors (Lipinski definition) is 3. The fraction of sp³-hybridized carbons (Fsp3) is 0.250. The Morgan fingerprint density at radius 3 is 2.69 bits per heavy atom. The smallest absolute Gasteiger partial charge is 0.207 e. The van der Waals surface area contributed by atoms with Gasteiger partial charge in [-0.15, -0.1) is 0 Å². The molecule has 1 unspecified atom stereocenters. The number of carbonyl (C=O) groups excluding carboxylic acids is 1. The van der Waals surface area contributed by atoms with Crippen molar-refractivity contribution >= 4 is 6.41 Å². The standard InChI is InChI=1S/C12H17N3O/c1-2-14-12(9-13-10-16)15-8-11-6-4-3-5-7-11/h2-7,10,12,14-15H,1,8-9H2,(H,13,16). The second-order valence-corrected chi connectivity index (χ2v) is 3.32. The Labute approximate surface area is 95.7 Å². The van der Waals surface area contributed by atoms with E-state index in [-0.39, 0.29) is 6.17 Å². The van der Waals surface area contributed by atoms with Crippen LogP contribution in [-0.4, -0.2) is 19.1 Å². The first-order chi connectivity index (χ1) is 7.86. The van der Waals surface area contributed by atoms with Crippen molar-refractivity contribution in [1.82, 2.24) is 16.0 Å². The minimum atomic E-state index is -0.0112. The molecule has 4 nitrogen and oxygen atoms in total. The van der Waals surface area contributed by atoms with Gasteiger partial charge in [0.1, 0.15) is 0 Å². The van der Waals surface area contributed by atoms with E-state index in [2.05, 4.69) is 22.5 Å². The minimum absolute atomic E-state index is 0.0112. The van der Waals surface area contributed by atoms with Crippen molar-refractivity contribution in [2.45, 2.75) is 12.7 Å². The van der Waals surface area contributed by atoms with Gasteiger partial charge in [-0.3, -0.25) is 10.1 Å². The van der Waals surface area contributed by atoms with E-state index in [1.165, 1.54) is 5.56 Å². The van der Waals surface area contributed by atoms with Gasteiger partial charge < -0.3 is 10.6 Å². The highest BCUT2D eigenvalue weighted by Crippen LogP contribution is 1.97. The van der Waals surface area contributed by atoms with Gasteiger partial charge in [0.05, 0.1) is 12.7 Å². The van der Waals surface area contributed by atoms with Crippen LogP contribution in [0.3, 0.4) is 0 Å². The summed E-state index contributed by atoms with van der Waals surface area (Å²) in [4.78, 5) is 10.2. The molecule has 0 heterocycles. The highest BCUT2D eigenvalue weighted by molar-refractivity contribution is 5.45. The maximum atomic E-state index is 10.2. The summed E-state index contributed by atoms with van der Waals surface area (Å²) < 4.78 is 0. The van der Waals surface area contributed by atoms with Gasteiger partial charge in [0.15, 0.2) is 0 Å². The Balaban J connectivity index is 2.36. The summed E-state index contributed by atoms with van der Waals surface area (Å²) in [5, 5.41) is 8.90. The van der Waals surface area contributed by atoms with Crippen LogP contribution >= 0.6 is 0 Å². The molecule has 16 heavy (non-hydrogen) atoms. The average Bonchev–Trinajstić information content (AvgIpc) is 2.34. The number of nitrogens with one attached hydrogen (secondary N) is 3. The maximum absolute atomic E-state index is 10.2. The van der Waals surface area contributed by atoms with Crippen molar-refractivity contribution in [2.24, 2.45) is 0 Å². The van der Waals surface area contributed by atoms with Crippen molar-refractivity contribution in [2.75, 3.05) is 6.54 Å². The molecule has 0 saturated carbocycles. The molecule has 1 aromatic rings. The first-order valence-electron chi connectivity index (χ1n) is 5.18. The van der Waals surface area contributed by atoms with Crippen LogP contribution in [0.4, 0.5) is 0 Å². The van der Waals surface area contributed by atoms with E-state index in [4.69, 9.17) is 0 Å². The van der Waals surface area contributed by atoms with Gasteiger partial charge in [-0.1, -0.05) is 36.9 Å². The first-order valence-corrected chi connectivity index (χ1v) is 5.18. The number of rotatable bonds is 8. The molecule has 0 fully saturated rings. The fourth-order valence-electron chi connectivity index (χ4n) is 1.34. The summed E-state index contributed by atoms with van der Waals surface area (Å²) in [5.74, 6) is 0. The van der Waals surface area contributed by atoms with E-state index < -0.39 is 0 Å². The zero-order valence-corrected chi connectivity index (χ0v) is 9.15. The van der Waals surface area contributed by atoms with Crippen molar-refractivity contribution in [3.05, 3.63) is 48.7 Å². The topological polar surface area (TPSA) is 53.2 Å². The molecule has 0 saturated heterocycles. The number of benzene rings is 1. The maximum Gasteiger partial charge on any atom is 0.207 e. The number of amides is 1. The van der Waals surface area contributed by atoms with Crippen LogP contribution in [0.5, 0.6) is 0 Å². The van der Waals surface area contributed by atoms with Gasteiger partial charge in [0, 0.05) is 6.54 Å². The first kappa shape index (κ1) is 12.3. The summed E-state index contributed by atoms with van der Waals surface area (Å²) in [6, 6.07) is 10.1. The molecule has 1 rings (SSSR count). The molecule has 0 bridgehead atoms. The lowest BCUT2D eigenvalue weighted by molar-refractivity contribution is -0.109. The van der Waals surface area contributed by atoms with Crippen LogP contribution in [0.25, 0.3) is 0 Å². The normalized spacial score (nSPS) is 11.5. The molecule has 1 aromatic carbocycles. The molecule has 0 spiro atoms. The van der Waals surface area contributed by atoms with E-state index in [0.717, 1.165) is 6.54 Å². The van der Waals surface area contributed by atoms with Gasteiger partial charge in [-0.25, -0.2) is 0 Å². The average molecular weight is 219 g/mol. The Morgan fingerprint density at radius 1 is 1.31 bits per heavy atom. The quantitative estimate of drug-likeness (QED) is 0.443. The lowest BCUT2D eigenvalue weighted by Gasteiger charge is -2.18. The van der Waals surface area contributed by atoms with Crippen LogP contribution in [0, 0.1) is 0 Å². The molecule has 0 aliphatic heterocycles. The molecule has 0 radical (unpaired) electrons. The Morgan fingerprint density at radius 2 is 2.06 bits per heavy atom. The van der Waals surface area contributed by atoms with E-state index in [1.807, 2.05) is 30.3 Å². The molecular formula is C12H17N3O. The fourth-order valence-corrected chi connectivity index (χ4v) is 1.34. The molecule has 0 aliphatic carbocycles. The summed E-state index contributed by atoms with van der Waals surface area (Å²) >= 11 is 0. The highest BCUT2D eigenvalue weighted by atomic mass is 16.1. The van der Waals surface area contributed by atoms with Gasteiger partial charge in [-0.05, 0) is 11.8 Å². The van der Waals surface area contributed by atoms with Crippen molar-refractivity contribution < 1.29 is 4.79 Å². The lowest BCUT2D eigenvalue weighted by Crippen LogP contribution is -2.46. The molecular weight excluding hydrogens is 202 g/mol. The van der Waals surface area contributed by atoms with Crippen LogP contribution < -0.4 is 16.0 Å². The molecule has 86 valence electrons. The lowest BCUT2D eigenvalue weighted by atomic mass is 10.2. The molecule has 1 amide bonds. The van der Waals surface area contributed by atoms with E-state index in [9.17, 15) is 4.79 Å². The summed E-state index contributed by atoms with van der Waals surface area (Å²) in [6.07, 6.45) is 2.28. The second kappa shape index (κ2) is 7.48. The Kier molecular flexibility index (Phi) is 5.73. The third kappa shape index (κ3) is 4.61. The molecule has 3 N–H and O–H groups in total. The van der Waals surface area contributed by atoms with E-state index in [0.29, 0.717) is 13.0 Å². The largest absolute Gasteiger partial charge is 0.375 e. The van der Waals surface area contributed by atoms with E-state index >= 15 is 0 Å². The van der Waals surface area contributed by atoms with Gasteiger partial charge in [0.25, 0.3) is 0 Å². The van der Waals surface area contributed by atoms with Gasteiger partial charge >= 0.3 is 0 Å². The van der Waals surface area contributed by atoms with Crippen molar-refractivity contribution in [1.29, 1.82) is 0 Å². The van der Waals surface area contributed by atoms with Crippen molar-refractivity contribution in [3.63, 3.8) is 0 Å². The predicted molar refractivity (Wildman–Crippen MR) is 64.5 cm³/mol. The summed E-state index contributed by atoms with van der Waals surface area (Å²) in [6.45, 7) is 4.86. The number of hydrogen-bond donors (Lipinski definition) is 3. The Hall–Kier alpha value is -1.81. The molecule has 0 aliphatic rings. The van der Waals surface area contributed by atoms with E-state index in [1.54, 1.807) is 6.20 Å². The predicted octanol–water partition coefficient (Wildman–Crippen LogP) is 0.581. The Bertz CT molecular complexity index is 313. The van der Waals surface area contributed by atoms with Crippen LogP contribution in [0.1, 0.15) is 5.56 Å². The van der Waals surface area contributed by atoms with Crippen LogP contribution in [-0.2, 0) is 11.3 Å². The molecule has 0 aromatic heterocycles. The second-order valence-electron chi connectivity index (χ2n) is 3.32. The van der Waals surface area contributed by atoms with Crippen LogP contribution in [0.15, 0.2) is 43.1 Å². The minimum Gasteiger partial charge on any atom is -0.375 e.